The lowest BCUT2D eigenvalue weighted by Crippen LogP contribution is -2.57. The Balaban J connectivity index is 1.47. The third kappa shape index (κ3) is 6.86. The van der Waals surface area contributed by atoms with Crippen molar-refractivity contribution in [3.8, 4) is 6.01 Å². The number of fused-ring (bicyclic) bond motifs is 3. The Labute approximate surface area is 274 Å². The molecule has 3 aliphatic rings. The van der Waals surface area contributed by atoms with Crippen LogP contribution in [0.5, 0.6) is 6.01 Å². The summed E-state index contributed by atoms with van der Waals surface area (Å²) >= 11 is 0. The van der Waals surface area contributed by atoms with Crippen molar-refractivity contribution in [3.63, 3.8) is 0 Å². The first-order valence-corrected chi connectivity index (χ1v) is 17.5. The number of amides is 3. The Morgan fingerprint density at radius 3 is 2.62 bits per heavy atom. The standard InChI is InChI=1S/C32H44N6O8S/c1-19(2)38-24-15-11-14-23(29(41)42)26(24)33-31(38)46-22-16-25-27(39)34-32(30(43)35-47(44,45)36(4)5)17-21(32)13-10-8-6-7-9-12-20(3)28(40)37(25)18-22/h10-11,13-15,19-22,25H,6-9,12,16-18H2,1-5H3,(H,34,39)(H,35,43)(H,41,42)/b13-10-/t20-,21+,22+,25-,32+/m0/s1. The summed E-state index contributed by atoms with van der Waals surface area (Å²) < 4.78 is 36.2. The third-order valence-electron chi connectivity index (χ3n) is 9.32. The van der Waals surface area contributed by atoms with Crippen molar-refractivity contribution in [3.05, 3.63) is 35.9 Å². The van der Waals surface area contributed by atoms with Gasteiger partial charge in [-0.25, -0.2) is 9.52 Å². The molecule has 14 nitrogen and oxygen atoms in total. The molecule has 0 unspecified atom stereocenters. The summed E-state index contributed by atoms with van der Waals surface area (Å²) in [5.74, 6) is -3.53. The van der Waals surface area contributed by atoms with Gasteiger partial charge in [-0.15, -0.1) is 0 Å². The molecular weight excluding hydrogens is 628 g/mol. The van der Waals surface area contributed by atoms with Gasteiger partial charge in [0.15, 0.2) is 0 Å². The van der Waals surface area contributed by atoms with Gasteiger partial charge in [0, 0.05) is 38.4 Å². The predicted octanol–water partition coefficient (Wildman–Crippen LogP) is 2.62. The monoisotopic (exact) mass is 672 g/mol. The Bertz CT molecular complexity index is 1700. The Morgan fingerprint density at radius 1 is 1.19 bits per heavy atom. The van der Waals surface area contributed by atoms with Crippen molar-refractivity contribution in [2.24, 2.45) is 11.8 Å². The summed E-state index contributed by atoms with van der Waals surface area (Å²) in [6.07, 6.45) is 7.52. The molecule has 2 aliphatic heterocycles. The Morgan fingerprint density at radius 2 is 1.94 bits per heavy atom. The van der Waals surface area contributed by atoms with Gasteiger partial charge in [-0.05, 0) is 51.7 Å². The highest BCUT2D eigenvalue weighted by atomic mass is 32.2. The fourth-order valence-corrected chi connectivity index (χ4v) is 7.11. The molecule has 1 saturated carbocycles. The smallest absolute Gasteiger partial charge is 0.337 e. The van der Waals surface area contributed by atoms with Crippen LogP contribution in [0.15, 0.2) is 30.4 Å². The summed E-state index contributed by atoms with van der Waals surface area (Å²) in [6, 6.07) is 3.91. The maximum absolute atomic E-state index is 14.1. The summed E-state index contributed by atoms with van der Waals surface area (Å²) in [4.78, 5) is 59.3. The van der Waals surface area contributed by atoms with Crippen LogP contribution < -0.4 is 14.8 Å². The Kier molecular flexibility index (Phi) is 9.69. The van der Waals surface area contributed by atoms with Crippen LogP contribution in [0.3, 0.4) is 0 Å². The fourth-order valence-electron chi connectivity index (χ4n) is 6.52. The molecule has 1 saturated heterocycles. The van der Waals surface area contributed by atoms with E-state index in [0.717, 1.165) is 30.0 Å². The van der Waals surface area contributed by atoms with Crippen LogP contribution in [0.1, 0.15) is 82.1 Å². The molecule has 3 amide bonds. The first-order valence-electron chi connectivity index (χ1n) is 16.1. The van der Waals surface area contributed by atoms with Crippen LogP contribution in [0.25, 0.3) is 11.0 Å². The second kappa shape index (κ2) is 13.3. The largest absolute Gasteiger partial charge is 0.478 e. The van der Waals surface area contributed by atoms with E-state index in [4.69, 9.17) is 4.74 Å². The van der Waals surface area contributed by atoms with Gasteiger partial charge in [0.2, 0.25) is 11.8 Å². The molecule has 256 valence electrons. The number of carbonyl (C=O) groups is 4. The molecule has 15 heteroatoms. The molecule has 5 rings (SSSR count). The number of nitrogens with zero attached hydrogens (tertiary/aromatic N) is 4. The number of hydrogen-bond acceptors (Lipinski definition) is 8. The Hall–Kier alpha value is -3.98. The van der Waals surface area contributed by atoms with E-state index < -0.39 is 51.6 Å². The second-order valence-corrected chi connectivity index (χ2v) is 15.2. The second-order valence-electron chi connectivity index (χ2n) is 13.3. The van der Waals surface area contributed by atoms with Gasteiger partial charge in [-0.2, -0.15) is 17.7 Å². The first kappa shape index (κ1) is 34.4. The number of allylic oxidation sites excluding steroid dienone is 1. The minimum atomic E-state index is -4.12. The number of nitrogens with one attached hydrogen (secondary N) is 2. The van der Waals surface area contributed by atoms with Crippen LogP contribution >= 0.6 is 0 Å². The molecule has 3 N–H and O–H groups in total. The molecule has 1 aromatic carbocycles. The number of carboxylic acid groups (broad SMARTS) is 1. The zero-order chi connectivity index (χ0) is 34.3. The molecule has 0 spiro atoms. The van der Waals surface area contributed by atoms with Gasteiger partial charge >= 0.3 is 16.2 Å². The maximum atomic E-state index is 14.1. The molecular formula is C32H44N6O8S. The predicted molar refractivity (Wildman–Crippen MR) is 173 cm³/mol. The van der Waals surface area contributed by atoms with Gasteiger partial charge < -0.3 is 20.1 Å². The average molecular weight is 673 g/mol. The molecule has 2 aromatic rings. The van der Waals surface area contributed by atoms with Crippen LogP contribution in [0.2, 0.25) is 0 Å². The normalized spacial score (nSPS) is 27.9. The molecule has 2 fully saturated rings. The van der Waals surface area contributed by atoms with Crippen molar-refractivity contribution in [2.45, 2.75) is 89.4 Å². The highest BCUT2D eigenvalue weighted by molar-refractivity contribution is 7.87. The third-order valence-corrected chi connectivity index (χ3v) is 10.7. The maximum Gasteiger partial charge on any atom is 0.337 e. The zero-order valence-corrected chi connectivity index (χ0v) is 28.2. The number of carboxylic acids is 1. The minimum absolute atomic E-state index is 0.0297. The van der Waals surface area contributed by atoms with E-state index in [1.165, 1.54) is 25.1 Å². The van der Waals surface area contributed by atoms with E-state index in [1.807, 2.05) is 32.9 Å². The van der Waals surface area contributed by atoms with Crippen molar-refractivity contribution in [2.75, 3.05) is 20.6 Å². The lowest BCUT2D eigenvalue weighted by Gasteiger charge is -2.28. The number of para-hydroxylation sites is 1. The van der Waals surface area contributed by atoms with Gasteiger partial charge in [0.05, 0.1) is 17.6 Å². The number of aromatic nitrogens is 2. The van der Waals surface area contributed by atoms with Gasteiger partial charge in [-0.3, -0.25) is 19.0 Å². The highest BCUT2D eigenvalue weighted by Gasteiger charge is 2.61. The van der Waals surface area contributed by atoms with Crippen molar-refractivity contribution >= 4 is 44.9 Å². The fraction of sp³-hybridized carbons (Fsp3) is 0.594. The molecule has 1 aromatic heterocycles. The van der Waals surface area contributed by atoms with Crippen LogP contribution in [-0.4, -0.2) is 94.3 Å². The number of benzene rings is 1. The summed E-state index contributed by atoms with van der Waals surface area (Å²) in [7, 11) is -1.53. The first-order chi connectivity index (χ1) is 22.2. The summed E-state index contributed by atoms with van der Waals surface area (Å²) in [6.45, 7) is 5.75. The van der Waals surface area contributed by atoms with E-state index in [0.29, 0.717) is 11.9 Å². The molecule has 3 heterocycles. The van der Waals surface area contributed by atoms with E-state index in [9.17, 15) is 32.7 Å². The highest BCUT2D eigenvalue weighted by Crippen LogP contribution is 2.46. The number of aromatic carboxylic acids is 1. The SMILES string of the molecule is CC(C)n1c(O[C@@H]2C[C@H]3C(=O)N[C@]4(C(=O)NS(=O)(=O)N(C)C)C[C@H]4/C=C\CCCCC[C@H](C)C(=O)N3C2)nc2c(C(=O)O)cccc21. The lowest BCUT2D eigenvalue weighted by atomic mass is 10.0. The van der Waals surface area contributed by atoms with Crippen molar-refractivity contribution in [1.29, 1.82) is 0 Å². The molecule has 5 atom stereocenters. The van der Waals surface area contributed by atoms with Crippen LogP contribution in [0, 0.1) is 11.8 Å². The van der Waals surface area contributed by atoms with E-state index >= 15 is 0 Å². The minimum Gasteiger partial charge on any atom is -0.478 e. The van der Waals surface area contributed by atoms with Crippen molar-refractivity contribution < 1.29 is 37.4 Å². The summed E-state index contributed by atoms with van der Waals surface area (Å²) in [5, 5.41) is 12.6. The molecule has 47 heavy (non-hydrogen) atoms. The number of ether oxygens (including phenoxy) is 1. The number of hydrogen-bond donors (Lipinski definition) is 3. The number of rotatable bonds is 7. The number of carbonyl (C=O) groups excluding carboxylic acids is 3. The topological polar surface area (TPSA) is 180 Å². The van der Waals surface area contributed by atoms with Crippen LogP contribution in [0.4, 0.5) is 0 Å². The molecule has 1 aliphatic carbocycles. The number of imidazole rings is 1. The van der Waals surface area contributed by atoms with Crippen LogP contribution in [-0.2, 0) is 24.6 Å². The van der Waals surface area contributed by atoms with Gasteiger partial charge in [0.25, 0.3) is 11.9 Å². The lowest BCUT2D eigenvalue weighted by molar-refractivity contribution is -0.142. The molecule has 0 radical (unpaired) electrons. The summed E-state index contributed by atoms with van der Waals surface area (Å²) in [5.41, 5.74) is -0.609. The van der Waals surface area contributed by atoms with E-state index in [2.05, 4.69) is 15.0 Å². The van der Waals surface area contributed by atoms with E-state index in [1.54, 1.807) is 16.7 Å². The molecule has 0 bridgehead atoms. The zero-order valence-electron chi connectivity index (χ0n) is 27.4. The van der Waals surface area contributed by atoms with E-state index in [-0.39, 0.29) is 54.3 Å². The van der Waals surface area contributed by atoms with Crippen molar-refractivity contribution in [1.82, 2.24) is 28.8 Å². The van der Waals surface area contributed by atoms with Gasteiger partial charge in [0.1, 0.15) is 23.2 Å². The van der Waals surface area contributed by atoms with Gasteiger partial charge in [-0.1, -0.05) is 38.0 Å². The quantitative estimate of drug-likeness (QED) is 0.373. The average Bonchev–Trinajstić information content (AvgIpc) is 3.33.